The van der Waals surface area contributed by atoms with Crippen molar-refractivity contribution in [2.24, 2.45) is 5.73 Å². The first-order valence-corrected chi connectivity index (χ1v) is 7.73. The van der Waals surface area contributed by atoms with E-state index >= 15 is 0 Å². The summed E-state index contributed by atoms with van der Waals surface area (Å²) in [5.74, 6) is 0.290. The fourth-order valence-electron chi connectivity index (χ4n) is 2.51. The SMILES string of the molecule is N[C@@H]1CCN(C(=O)COc2cccc(NC(=O)c3ccco3)c2)C1. The van der Waals surface area contributed by atoms with Crippen LogP contribution in [0.2, 0.25) is 0 Å². The highest BCUT2D eigenvalue weighted by Gasteiger charge is 2.23. The van der Waals surface area contributed by atoms with E-state index < -0.39 is 0 Å². The third kappa shape index (κ3) is 3.94. The van der Waals surface area contributed by atoms with Gasteiger partial charge in [-0.05, 0) is 30.7 Å². The predicted molar refractivity (Wildman–Crippen MR) is 87.8 cm³/mol. The molecule has 0 unspecified atom stereocenters. The van der Waals surface area contributed by atoms with E-state index in [2.05, 4.69) is 5.32 Å². The fourth-order valence-corrected chi connectivity index (χ4v) is 2.51. The van der Waals surface area contributed by atoms with Gasteiger partial charge in [-0.25, -0.2) is 0 Å². The van der Waals surface area contributed by atoms with Crippen molar-refractivity contribution in [2.45, 2.75) is 12.5 Å². The van der Waals surface area contributed by atoms with Crippen LogP contribution in [0.5, 0.6) is 5.75 Å². The average Bonchev–Trinajstić information content (AvgIpc) is 3.24. The third-order valence-corrected chi connectivity index (χ3v) is 3.78. The lowest BCUT2D eigenvalue weighted by atomic mass is 10.3. The summed E-state index contributed by atoms with van der Waals surface area (Å²) in [7, 11) is 0. The Labute approximate surface area is 139 Å². The first kappa shape index (κ1) is 16.1. The fraction of sp³-hybridized carbons (Fsp3) is 0.294. The number of hydrogen-bond donors (Lipinski definition) is 2. The number of rotatable bonds is 5. The molecule has 1 fully saturated rings. The van der Waals surface area contributed by atoms with E-state index in [-0.39, 0.29) is 30.2 Å². The summed E-state index contributed by atoms with van der Waals surface area (Å²) in [5, 5.41) is 2.71. The topological polar surface area (TPSA) is 97.8 Å². The van der Waals surface area contributed by atoms with Crippen LogP contribution < -0.4 is 15.8 Å². The van der Waals surface area contributed by atoms with Crippen LogP contribution in [0.3, 0.4) is 0 Å². The maximum absolute atomic E-state index is 12.0. The lowest BCUT2D eigenvalue weighted by Crippen LogP contribution is -2.35. The normalized spacial score (nSPS) is 16.9. The summed E-state index contributed by atoms with van der Waals surface area (Å²) in [4.78, 5) is 25.7. The molecule has 0 radical (unpaired) electrons. The Balaban J connectivity index is 1.55. The molecule has 1 aromatic heterocycles. The molecule has 0 spiro atoms. The maximum atomic E-state index is 12.0. The van der Waals surface area contributed by atoms with Crippen LogP contribution in [0, 0.1) is 0 Å². The molecule has 0 saturated carbocycles. The largest absolute Gasteiger partial charge is 0.484 e. The minimum absolute atomic E-state index is 0.0501. The van der Waals surface area contributed by atoms with E-state index in [0.717, 1.165) is 6.42 Å². The number of nitrogens with zero attached hydrogens (tertiary/aromatic N) is 1. The molecule has 1 aliphatic heterocycles. The lowest BCUT2D eigenvalue weighted by molar-refractivity contribution is -0.132. The van der Waals surface area contributed by atoms with Crippen LogP contribution >= 0.6 is 0 Å². The molecule has 2 aromatic rings. The van der Waals surface area contributed by atoms with Gasteiger partial charge in [0.15, 0.2) is 12.4 Å². The van der Waals surface area contributed by atoms with E-state index in [1.165, 1.54) is 6.26 Å². The zero-order valence-corrected chi connectivity index (χ0v) is 13.1. The zero-order valence-electron chi connectivity index (χ0n) is 13.1. The molecule has 0 aliphatic carbocycles. The lowest BCUT2D eigenvalue weighted by Gasteiger charge is -2.16. The van der Waals surface area contributed by atoms with Crippen molar-refractivity contribution < 1.29 is 18.7 Å². The van der Waals surface area contributed by atoms with Crippen LogP contribution in [0.15, 0.2) is 47.1 Å². The Bertz CT molecular complexity index is 714. The van der Waals surface area contributed by atoms with E-state index in [1.54, 1.807) is 41.3 Å². The molecule has 7 nitrogen and oxygen atoms in total. The second kappa shape index (κ2) is 7.18. The van der Waals surface area contributed by atoms with Gasteiger partial charge in [0.05, 0.1) is 6.26 Å². The number of ether oxygens (including phenoxy) is 1. The number of hydrogen-bond acceptors (Lipinski definition) is 5. The van der Waals surface area contributed by atoms with Gasteiger partial charge in [0, 0.05) is 30.9 Å². The minimum Gasteiger partial charge on any atom is -0.484 e. The Morgan fingerprint density at radius 1 is 1.33 bits per heavy atom. The molecule has 0 bridgehead atoms. The molecule has 7 heteroatoms. The van der Waals surface area contributed by atoms with Crippen molar-refractivity contribution in [2.75, 3.05) is 25.0 Å². The summed E-state index contributed by atoms with van der Waals surface area (Å²) < 4.78 is 10.6. The van der Waals surface area contributed by atoms with E-state index in [1.807, 2.05) is 0 Å². The number of nitrogens with two attached hydrogens (primary N) is 1. The number of benzene rings is 1. The summed E-state index contributed by atoms with van der Waals surface area (Å²) in [5.41, 5.74) is 6.35. The highest BCUT2D eigenvalue weighted by Crippen LogP contribution is 2.18. The van der Waals surface area contributed by atoms with Crippen molar-refractivity contribution >= 4 is 17.5 Å². The van der Waals surface area contributed by atoms with E-state index in [4.69, 9.17) is 14.9 Å². The van der Waals surface area contributed by atoms with Gasteiger partial charge < -0.3 is 25.1 Å². The summed E-state index contributed by atoms with van der Waals surface area (Å²) >= 11 is 0. The summed E-state index contributed by atoms with van der Waals surface area (Å²) in [6, 6.07) is 10.1. The number of carbonyl (C=O) groups is 2. The van der Waals surface area contributed by atoms with Crippen LogP contribution in [0.25, 0.3) is 0 Å². The minimum atomic E-state index is -0.348. The predicted octanol–water partition coefficient (Wildman–Crippen LogP) is 1.47. The Kier molecular flexibility index (Phi) is 4.81. The van der Waals surface area contributed by atoms with Crippen LogP contribution in [-0.2, 0) is 4.79 Å². The van der Waals surface area contributed by atoms with Crippen molar-refractivity contribution in [1.82, 2.24) is 4.90 Å². The van der Waals surface area contributed by atoms with Crippen LogP contribution in [0.1, 0.15) is 17.0 Å². The number of anilines is 1. The average molecular weight is 329 g/mol. The van der Waals surface area contributed by atoms with Crippen molar-refractivity contribution in [1.29, 1.82) is 0 Å². The molecule has 1 aromatic carbocycles. The van der Waals surface area contributed by atoms with E-state index in [0.29, 0.717) is 24.5 Å². The van der Waals surface area contributed by atoms with Crippen LogP contribution in [-0.4, -0.2) is 42.5 Å². The monoisotopic (exact) mass is 329 g/mol. The standard InChI is InChI=1S/C17H19N3O4/c18-12-6-7-20(10-12)16(21)11-24-14-4-1-3-13(9-14)19-17(22)15-5-2-8-23-15/h1-5,8-9,12H,6-7,10-11,18H2,(H,19,22)/t12-/m1/s1. The quantitative estimate of drug-likeness (QED) is 0.865. The number of nitrogens with one attached hydrogen (secondary N) is 1. The van der Waals surface area contributed by atoms with Gasteiger partial charge in [-0.3, -0.25) is 9.59 Å². The highest BCUT2D eigenvalue weighted by atomic mass is 16.5. The van der Waals surface area contributed by atoms with Gasteiger partial charge in [-0.2, -0.15) is 0 Å². The van der Waals surface area contributed by atoms with Crippen LogP contribution in [0.4, 0.5) is 5.69 Å². The van der Waals surface area contributed by atoms with Crippen molar-refractivity contribution in [3.63, 3.8) is 0 Å². The molecular formula is C17H19N3O4. The molecular weight excluding hydrogens is 310 g/mol. The second-order valence-corrected chi connectivity index (χ2v) is 5.64. The maximum Gasteiger partial charge on any atom is 0.291 e. The molecule has 3 N–H and O–H groups in total. The zero-order chi connectivity index (χ0) is 16.9. The van der Waals surface area contributed by atoms with E-state index in [9.17, 15) is 9.59 Å². The molecule has 1 saturated heterocycles. The molecule has 1 aliphatic rings. The highest BCUT2D eigenvalue weighted by molar-refractivity contribution is 6.02. The van der Waals surface area contributed by atoms with Gasteiger partial charge in [0.1, 0.15) is 5.75 Å². The molecule has 126 valence electrons. The molecule has 2 amide bonds. The van der Waals surface area contributed by atoms with Gasteiger partial charge in [-0.15, -0.1) is 0 Å². The Morgan fingerprint density at radius 3 is 2.92 bits per heavy atom. The van der Waals surface area contributed by atoms with Gasteiger partial charge >= 0.3 is 0 Å². The number of carbonyl (C=O) groups excluding carboxylic acids is 2. The smallest absolute Gasteiger partial charge is 0.291 e. The molecule has 24 heavy (non-hydrogen) atoms. The molecule has 2 heterocycles. The number of likely N-dealkylation sites (tertiary alicyclic amines) is 1. The van der Waals surface area contributed by atoms with Crippen molar-refractivity contribution in [3.8, 4) is 5.75 Å². The Morgan fingerprint density at radius 2 is 2.21 bits per heavy atom. The second-order valence-electron chi connectivity index (χ2n) is 5.64. The molecule has 3 rings (SSSR count). The first-order valence-electron chi connectivity index (χ1n) is 7.73. The summed E-state index contributed by atoms with van der Waals surface area (Å²) in [6.07, 6.45) is 2.25. The first-order chi connectivity index (χ1) is 11.6. The number of amides is 2. The molecule has 1 atom stereocenters. The Hall–Kier alpha value is -2.80. The van der Waals surface area contributed by atoms with Gasteiger partial charge in [0.25, 0.3) is 11.8 Å². The van der Waals surface area contributed by atoms with Gasteiger partial charge in [0.2, 0.25) is 0 Å². The number of furan rings is 1. The van der Waals surface area contributed by atoms with Gasteiger partial charge in [-0.1, -0.05) is 6.07 Å². The van der Waals surface area contributed by atoms with Crippen molar-refractivity contribution in [3.05, 3.63) is 48.4 Å². The third-order valence-electron chi connectivity index (χ3n) is 3.78. The summed E-state index contributed by atoms with van der Waals surface area (Å²) in [6.45, 7) is 1.19.